The molecule has 186 valence electrons. The number of nitrogens with one attached hydrogen (secondary N) is 1. The Balaban J connectivity index is 1.55. The number of para-hydroxylation sites is 2. The summed E-state index contributed by atoms with van der Waals surface area (Å²) in [6, 6.07) is 26.0. The maximum absolute atomic E-state index is 14.1. The Labute approximate surface area is 223 Å². The molecular weight excluding hydrogens is 497 g/mol. The van der Waals surface area contributed by atoms with Gasteiger partial charge in [-0.25, -0.2) is 4.39 Å². The second-order valence-corrected chi connectivity index (χ2v) is 10.4. The topological polar surface area (TPSA) is 73.2 Å². The highest BCUT2D eigenvalue weighted by molar-refractivity contribution is 7.12. The lowest BCUT2D eigenvalue weighted by Crippen LogP contribution is -2.38. The molecular formula is C31H22FN3O2S. The number of nitriles is 1. The van der Waals surface area contributed by atoms with Gasteiger partial charge in [0.25, 0.3) is 5.91 Å². The number of ketones is 1. The highest BCUT2D eigenvalue weighted by Gasteiger charge is 2.42. The Hall–Kier alpha value is -4.54. The van der Waals surface area contributed by atoms with Crippen LogP contribution >= 0.6 is 11.3 Å². The summed E-state index contributed by atoms with van der Waals surface area (Å²) in [6.45, 7) is 0. The fraction of sp³-hybridized carbons (Fsp3) is 0.129. The van der Waals surface area contributed by atoms with Crippen LogP contribution in [0.1, 0.15) is 51.2 Å². The summed E-state index contributed by atoms with van der Waals surface area (Å²) in [7, 11) is 0. The Kier molecular flexibility index (Phi) is 6.10. The minimum absolute atomic E-state index is 0.0702. The van der Waals surface area contributed by atoms with E-state index in [2.05, 4.69) is 11.4 Å². The molecule has 1 aliphatic heterocycles. The van der Waals surface area contributed by atoms with E-state index in [9.17, 15) is 19.2 Å². The molecule has 0 saturated heterocycles. The molecule has 0 spiro atoms. The van der Waals surface area contributed by atoms with Crippen LogP contribution in [-0.2, 0) is 4.79 Å². The summed E-state index contributed by atoms with van der Waals surface area (Å²) >= 11 is 1.35. The number of fused-ring (bicyclic) bond motifs is 1. The van der Waals surface area contributed by atoms with Gasteiger partial charge in [-0.05, 0) is 71.3 Å². The first-order chi connectivity index (χ1) is 18.5. The van der Waals surface area contributed by atoms with Crippen LogP contribution < -0.4 is 10.2 Å². The van der Waals surface area contributed by atoms with E-state index in [0.717, 1.165) is 22.5 Å². The van der Waals surface area contributed by atoms with E-state index >= 15 is 0 Å². The number of rotatable bonds is 3. The van der Waals surface area contributed by atoms with Crippen molar-refractivity contribution in [2.24, 2.45) is 0 Å². The van der Waals surface area contributed by atoms with Gasteiger partial charge in [-0.1, -0.05) is 42.5 Å². The van der Waals surface area contributed by atoms with E-state index in [1.807, 2.05) is 47.8 Å². The van der Waals surface area contributed by atoms with Crippen LogP contribution in [-0.4, -0.2) is 11.7 Å². The standard InChI is InChI=1S/C31H22FN3O2S/c32-23-13-11-20(12-14-23)22-16-25-29(27(36)17-22)30(21-9-7-19(18-33)8-10-21)35(31(37)28-6-3-15-38-28)26-5-2-1-4-24(26)34-25/h1-15,22,30,34H,16-17H2/t22-,30+/m1/s1. The summed E-state index contributed by atoms with van der Waals surface area (Å²) in [5.74, 6) is -0.714. The van der Waals surface area contributed by atoms with Crippen molar-refractivity contribution in [1.82, 2.24) is 0 Å². The summed E-state index contributed by atoms with van der Waals surface area (Å²) in [5, 5.41) is 14.7. The van der Waals surface area contributed by atoms with Crippen molar-refractivity contribution in [2.45, 2.75) is 24.8 Å². The van der Waals surface area contributed by atoms with Gasteiger partial charge in [-0.15, -0.1) is 11.3 Å². The van der Waals surface area contributed by atoms with Crippen molar-refractivity contribution >= 4 is 34.4 Å². The molecule has 0 unspecified atom stereocenters. The average Bonchev–Trinajstić information content (AvgIpc) is 3.43. The molecule has 2 heterocycles. The molecule has 1 aliphatic carbocycles. The lowest BCUT2D eigenvalue weighted by molar-refractivity contribution is -0.116. The zero-order chi connectivity index (χ0) is 26.2. The van der Waals surface area contributed by atoms with E-state index in [0.29, 0.717) is 28.1 Å². The van der Waals surface area contributed by atoms with Gasteiger partial charge in [-0.2, -0.15) is 5.26 Å². The highest BCUT2D eigenvalue weighted by Crippen LogP contribution is 2.48. The molecule has 0 radical (unpaired) electrons. The number of hydrogen-bond donors (Lipinski definition) is 1. The zero-order valence-electron chi connectivity index (χ0n) is 20.2. The second-order valence-electron chi connectivity index (χ2n) is 9.40. The molecule has 0 fully saturated rings. The number of benzene rings is 3. The van der Waals surface area contributed by atoms with Gasteiger partial charge in [-0.3, -0.25) is 14.5 Å². The van der Waals surface area contributed by atoms with Crippen LogP contribution in [0, 0.1) is 17.1 Å². The molecule has 0 saturated carbocycles. The van der Waals surface area contributed by atoms with E-state index < -0.39 is 6.04 Å². The largest absolute Gasteiger partial charge is 0.357 e. The quantitative estimate of drug-likeness (QED) is 0.317. The van der Waals surface area contributed by atoms with Crippen molar-refractivity contribution in [3.63, 3.8) is 0 Å². The highest BCUT2D eigenvalue weighted by atomic mass is 32.1. The molecule has 6 rings (SSSR count). The Bertz CT molecular complexity index is 1600. The van der Waals surface area contributed by atoms with Crippen molar-refractivity contribution in [2.75, 3.05) is 10.2 Å². The summed E-state index contributed by atoms with van der Waals surface area (Å²) in [4.78, 5) is 30.3. The van der Waals surface area contributed by atoms with E-state index in [-0.39, 0.29) is 29.8 Å². The molecule has 4 aromatic rings. The Morgan fingerprint density at radius 1 is 0.947 bits per heavy atom. The number of amides is 1. The van der Waals surface area contributed by atoms with Crippen molar-refractivity contribution in [3.05, 3.63) is 129 Å². The number of halogens is 1. The number of Topliss-reactive ketones (excluding diaryl/α,β-unsaturated/α-hetero) is 1. The number of carbonyl (C=O) groups excluding carboxylic acids is 2. The monoisotopic (exact) mass is 519 g/mol. The number of carbonyl (C=O) groups is 2. The first-order valence-electron chi connectivity index (χ1n) is 12.3. The molecule has 1 amide bonds. The van der Waals surface area contributed by atoms with Crippen LogP contribution in [0.25, 0.3) is 0 Å². The van der Waals surface area contributed by atoms with Gasteiger partial charge in [0.1, 0.15) is 5.82 Å². The third-order valence-corrected chi connectivity index (χ3v) is 7.99. The first-order valence-corrected chi connectivity index (χ1v) is 13.2. The maximum Gasteiger partial charge on any atom is 0.269 e. The number of thiophene rings is 1. The van der Waals surface area contributed by atoms with E-state index in [1.165, 1.54) is 23.5 Å². The molecule has 1 aromatic heterocycles. The SMILES string of the molecule is N#Cc1ccc([C@H]2C3=C(C[C@@H](c4ccc(F)cc4)CC3=O)Nc3ccccc3N2C(=O)c2cccs2)cc1. The van der Waals surface area contributed by atoms with Crippen molar-refractivity contribution < 1.29 is 14.0 Å². The molecule has 0 bridgehead atoms. The van der Waals surface area contributed by atoms with E-state index in [1.54, 1.807) is 35.2 Å². The lowest BCUT2D eigenvalue weighted by atomic mass is 9.78. The van der Waals surface area contributed by atoms with Gasteiger partial charge in [0.2, 0.25) is 0 Å². The fourth-order valence-electron chi connectivity index (χ4n) is 5.36. The van der Waals surface area contributed by atoms with Crippen molar-refractivity contribution in [1.29, 1.82) is 5.26 Å². The van der Waals surface area contributed by atoms with Gasteiger partial charge < -0.3 is 5.32 Å². The number of anilines is 2. The Morgan fingerprint density at radius 2 is 1.68 bits per heavy atom. The maximum atomic E-state index is 14.1. The zero-order valence-corrected chi connectivity index (χ0v) is 21.0. The third-order valence-electron chi connectivity index (χ3n) is 7.14. The number of nitrogens with zero attached hydrogens (tertiary/aromatic N) is 2. The van der Waals surface area contributed by atoms with Crippen LogP contribution in [0.15, 0.2) is 102 Å². The van der Waals surface area contributed by atoms with Crippen molar-refractivity contribution in [3.8, 4) is 6.07 Å². The molecule has 7 heteroatoms. The predicted octanol–water partition coefficient (Wildman–Crippen LogP) is 6.97. The van der Waals surface area contributed by atoms with Gasteiger partial charge in [0, 0.05) is 17.7 Å². The minimum atomic E-state index is -0.690. The lowest BCUT2D eigenvalue weighted by Gasteiger charge is -2.35. The van der Waals surface area contributed by atoms with Crippen LogP contribution in [0.2, 0.25) is 0 Å². The summed E-state index contributed by atoms with van der Waals surface area (Å²) in [6.07, 6.45) is 0.783. The third kappa shape index (κ3) is 4.19. The fourth-order valence-corrected chi connectivity index (χ4v) is 6.02. The minimum Gasteiger partial charge on any atom is -0.357 e. The molecule has 3 aromatic carbocycles. The van der Waals surface area contributed by atoms with Gasteiger partial charge in [0.15, 0.2) is 5.78 Å². The number of hydrogen-bond acceptors (Lipinski definition) is 5. The van der Waals surface area contributed by atoms with Crippen LogP contribution in [0.5, 0.6) is 0 Å². The van der Waals surface area contributed by atoms with Gasteiger partial charge in [0.05, 0.1) is 33.9 Å². The normalized spacial score (nSPS) is 18.6. The second kappa shape index (κ2) is 9.73. The molecule has 5 nitrogen and oxygen atoms in total. The summed E-state index contributed by atoms with van der Waals surface area (Å²) in [5.41, 5.74) is 4.82. The smallest absolute Gasteiger partial charge is 0.269 e. The molecule has 2 aliphatic rings. The van der Waals surface area contributed by atoms with E-state index in [4.69, 9.17) is 0 Å². The molecule has 1 N–H and O–H groups in total. The van der Waals surface area contributed by atoms with Gasteiger partial charge >= 0.3 is 0 Å². The molecule has 38 heavy (non-hydrogen) atoms. The first kappa shape index (κ1) is 23.8. The Morgan fingerprint density at radius 3 is 2.39 bits per heavy atom. The summed E-state index contributed by atoms with van der Waals surface area (Å²) < 4.78 is 13.6. The molecule has 2 atom stereocenters. The van der Waals surface area contributed by atoms with Crippen LogP contribution in [0.4, 0.5) is 15.8 Å². The van der Waals surface area contributed by atoms with Crippen LogP contribution in [0.3, 0.4) is 0 Å². The predicted molar refractivity (Wildman–Crippen MR) is 145 cm³/mol. The average molecular weight is 520 g/mol. The number of allylic oxidation sites excluding steroid dienone is 1.